The SMILES string of the molecule is C[C@H](NC(=O)COc1ccc(C2SCCS2)cc1)c1ccccc1. The summed E-state index contributed by atoms with van der Waals surface area (Å²) < 4.78 is 6.13. The fourth-order valence-electron chi connectivity index (χ4n) is 2.53. The van der Waals surface area contributed by atoms with Gasteiger partial charge < -0.3 is 10.1 Å². The fraction of sp³-hybridized carbons (Fsp3) is 0.316. The topological polar surface area (TPSA) is 38.3 Å². The summed E-state index contributed by atoms with van der Waals surface area (Å²) in [6.07, 6.45) is 0. The highest BCUT2D eigenvalue weighted by Gasteiger charge is 2.18. The first kappa shape index (κ1) is 17.2. The van der Waals surface area contributed by atoms with E-state index in [1.807, 2.05) is 72.9 Å². The van der Waals surface area contributed by atoms with Gasteiger partial charge >= 0.3 is 0 Å². The molecule has 0 unspecified atom stereocenters. The lowest BCUT2D eigenvalue weighted by molar-refractivity contribution is -0.123. The lowest BCUT2D eigenvalue weighted by atomic mass is 10.1. The van der Waals surface area contributed by atoms with Crippen LogP contribution in [0.4, 0.5) is 0 Å². The Labute approximate surface area is 151 Å². The van der Waals surface area contributed by atoms with Crippen LogP contribution in [0.5, 0.6) is 5.75 Å². The van der Waals surface area contributed by atoms with Crippen molar-refractivity contribution in [3.8, 4) is 5.75 Å². The van der Waals surface area contributed by atoms with Gasteiger partial charge in [0.25, 0.3) is 5.91 Å². The van der Waals surface area contributed by atoms with Crippen LogP contribution < -0.4 is 10.1 Å². The van der Waals surface area contributed by atoms with E-state index in [1.54, 1.807) is 0 Å². The molecule has 3 nitrogen and oxygen atoms in total. The molecule has 1 heterocycles. The van der Waals surface area contributed by atoms with Gasteiger partial charge in [-0.1, -0.05) is 42.5 Å². The lowest BCUT2D eigenvalue weighted by Gasteiger charge is -2.15. The van der Waals surface area contributed by atoms with Gasteiger partial charge in [0.15, 0.2) is 6.61 Å². The molecule has 0 aromatic heterocycles. The zero-order valence-corrected chi connectivity index (χ0v) is 15.2. The van der Waals surface area contributed by atoms with Crippen LogP contribution in [0.1, 0.15) is 28.7 Å². The Kier molecular flexibility index (Phi) is 6.10. The van der Waals surface area contributed by atoms with Gasteiger partial charge in [-0.25, -0.2) is 0 Å². The average molecular weight is 360 g/mol. The number of hydrogen-bond donors (Lipinski definition) is 1. The molecule has 1 aliphatic rings. The molecule has 1 N–H and O–H groups in total. The van der Waals surface area contributed by atoms with Crippen molar-refractivity contribution in [2.24, 2.45) is 0 Å². The molecule has 0 radical (unpaired) electrons. The molecule has 5 heteroatoms. The lowest BCUT2D eigenvalue weighted by Crippen LogP contribution is -2.31. The number of carbonyl (C=O) groups is 1. The smallest absolute Gasteiger partial charge is 0.258 e. The quantitative estimate of drug-likeness (QED) is 0.828. The molecular formula is C19H21NO2S2. The first-order chi connectivity index (χ1) is 11.7. The molecule has 0 spiro atoms. The second-order valence-corrected chi connectivity index (χ2v) is 8.36. The van der Waals surface area contributed by atoms with Gasteiger partial charge in [0.2, 0.25) is 0 Å². The number of thioether (sulfide) groups is 2. The van der Waals surface area contributed by atoms with Gasteiger partial charge in [0.1, 0.15) is 5.75 Å². The number of carbonyl (C=O) groups excluding carboxylic acids is 1. The van der Waals surface area contributed by atoms with Crippen molar-refractivity contribution in [3.63, 3.8) is 0 Å². The third kappa shape index (κ3) is 4.71. The summed E-state index contributed by atoms with van der Waals surface area (Å²) in [7, 11) is 0. The summed E-state index contributed by atoms with van der Waals surface area (Å²) in [5, 5.41) is 2.95. The van der Waals surface area contributed by atoms with Crippen molar-refractivity contribution in [3.05, 3.63) is 65.7 Å². The number of ether oxygens (including phenoxy) is 1. The molecule has 1 amide bonds. The third-order valence-corrected chi connectivity index (χ3v) is 6.93. The Morgan fingerprint density at radius 2 is 1.79 bits per heavy atom. The molecule has 1 atom stereocenters. The van der Waals surface area contributed by atoms with E-state index in [2.05, 4.69) is 17.4 Å². The van der Waals surface area contributed by atoms with Gasteiger partial charge in [-0.05, 0) is 30.2 Å². The first-order valence-electron chi connectivity index (χ1n) is 8.02. The third-order valence-electron chi connectivity index (χ3n) is 3.82. The second-order valence-electron chi connectivity index (χ2n) is 5.63. The molecule has 1 aliphatic heterocycles. The van der Waals surface area contributed by atoms with E-state index in [4.69, 9.17) is 4.74 Å². The number of amides is 1. The Balaban J connectivity index is 1.47. The number of hydrogen-bond acceptors (Lipinski definition) is 4. The predicted molar refractivity (Wildman–Crippen MR) is 103 cm³/mol. The summed E-state index contributed by atoms with van der Waals surface area (Å²) in [6.45, 7) is 2.00. The van der Waals surface area contributed by atoms with E-state index in [0.29, 0.717) is 4.58 Å². The highest BCUT2D eigenvalue weighted by Crippen LogP contribution is 2.45. The zero-order valence-electron chi connectivity index (χ0n) is 13.6. The van der Waals surface area contributed by atoms with Crippen LogP contribution in [0.25, 0.3) is 0 Å². The van der Waals surface area contributed by atoms with E-state index in [1.165, 1.54) is 17.1 Å². The van der Waals surface area contributed by atoms with Crippen molar-refractivity contribution < 1.29 is 9.53 Å². The van der Waals surface area contributed by atoms with Crippen LogP contribution in [0.15, 0.2) is 54.6 Å². The van der Waals surface area contributed by atoms with Crippen LogP contribution in [-0.4, -0.2) is 24.0 Å². The predicted octanol–water partition coefficient (Wildman–Crippen LogP) is 4.42. The maximum atomic E-state index is 12.0. The molecule has 1 saturated heterocycles. The molecule has 126 valence electrons. The standard InChI is InChI=1S/C19H21NO2S2/c1-14(15-5-3-2-4-6-15)20-18(21)13-22-17-9-7-16(8-10-17)19-23-11-12-24-19/h2-10,14,19H,11-13H2,1H3,(H,20,21)/t14-/m0/s1. The Morgan fingerprint density at radius 1 is 1.12 bits per heavy atom. The maximum Gasteiger partial charge on any atom is 0.258 e. The monoisotopic (exact) mass is 359 g/mol. The van der Waals surface area contributed by atoms with Gasteiger partial charge in [0, 0.05) is 11.5 Å². The van der Waals surface area contributed by atoms with Crippen LogP contribution in [0, 0.1) is 0 Å². The van der Waals surface area contributed by atoms with Crippen molar-refractivity contribution in [1.82, 2.24) is 5.32 Å². The van der Waals surface area contributed by atoms with Crippen molar-refractivity contribution in [1.29, 1.82) is 0 Å². The molecule has 2 aromatic carbocycles. The van der Waals surface area contributed by atoms with Crippen molar-refractivity contribution in [2.75, 3.05) is 18.1 Å². The number of rotatable bonds is 6. The second kappa shape index (κ2) is 8.49. The Bertz CT molecular complexity index is 655. The van der Waals surface area contributed by atoms with Crippen LogP contribution in [0.3, 0.4) is 0 Å². The molecule has 3 rings (SSSR count). The Hall–Kier alpha value is -1.59. The number of nitrogens with one attached hydrogen (secondary N) is 1. The van der Waals surface area contributed by atoms with E-state index in [0.717, 1.165) is 11.3 Å². The van der Waals surface area contributed by atoms with E-state index < -0.39 is 0 Å². The summed E-state index contributed by atoms with van der Waals surface area (Å²) in [5.41, 5.74) is 2.40. The van der Waals surface area contributed by atoms with Gasteiger partial charge in [-0.3, -0.25) is 4.79 Å². The highest BCUT2D eigenvalue weighted by molar-refractivity contribution is 8.19. The molecule has 0 saturated carbocycles. The van der Waals surface area contributed by atoms with E-state index in [9.17, 15) is 4.79 Å². The van der Waals surface area contributed by atoms with E-state index >= 15 is 0 Å². The molecule has 1 fully saturated rings. The average Bonchev–Trinajstić information content (AvgIpc) is 3.16. The zero-order chi connectivity index (χ0) is 16.8. The summed E-state index contributed by atoms with van der Waals surface area (Å²) >= 11 is 3.96. The molecule has 0 bridgehead atoms. The van der Waals surface area contributed by atoms with Gasteiger partial charge in [-0.15, -0.1) is 23.5 Å². The fourth-order valence-corrected chi connectivity index (χ4v) is 5.39. The minimum absolute atomic E-state index is 0.0268. The van der Waals surface area contributed by atoms with Gasteiger partial charge in [-0.2, -0.15) is 0 Å². The highest BCUT2D eigenvalue weighted by atomic mass is 32.2. The van der Waals surface area contributed by atoms with Crippen molar-refractivity contribution in [2.45, 2.75) is 17.5 Å². The van der Waals surface area contributed by atoms with Crippen molar-refractivity contribution >= 4 is 29.4 Å². The molecule has 24 heavy (non-hydrogen) atoms. The summed E-state index contributed by atoms with van der Waals surface area (Å²) in [6, 6.07) is 18.0. The van der Waals surface area contributed by atoms with E-state index in [-0.39, 0.29) is 18.6 Å². The van der Waals surface area contributed by atoms with Crippen LogP contribution in [0.2, 0.25) is 0 Å². The molecular weight excluding hydrogens is 338 g/mol. The number of benzene rings is 2. The molecule has 0 aliphatic carbocycles. The first-order valence-corrected chi connectivity index (χ1v) is 10.1. The largest absolute Gasteiger partial charge is 0.484 e. The summed E-state index contributed by atoms with van der Waals surface area (Å²) in [5.74, 6) is 3.05. The minimum atomic E-state index is -0.114. The Morgan fingerprint density at radius 3 is 2.46 bits per heavy atom. The van der Waals surface area contributed by atoms with Gasteiger partial charge in [0.05, 0.1) is 10.6 Å². The van der Waals surface area contributed by atoms with Crippen LogP contribution >= 0.6 is 23.5 Å². The minimum Gasteiger partial charge on any atom is -0.484 e. The summed E-state index contributed by atoms with van der Waals surface area (Å²) in [4.78, 5) is 12.0. The maximum absolute atomic E-state index is 12.0. The normalized spacial score (nSPS) is 15.9. The molecule has 2 aromatic rings. The van der Waals surface area contributed by atoms with Crippen LogP contribution in [-0.2, 0) is 4.79 Å².